The molecule has 0 radical (unpaired) electrons. The predicted molar refractivity (Wildman–Crippen MR) is 82.2 cm³/mol. The number of carbonyl (C=O) groups is 1. The maximum Gasteiger partial charge on any atom is 0.257 e. The molecular weight excluding hydrogens is 311 g/mol. The van der Waals surface area contributed by atoms with Crippen LogP contribution in [0.15, 0.2) is 22.8 Å². The summed E-state index contributed by atoms with van der Waals surface area (Å²) in [5.41, 5.74) is -0.330. The lowest BCUT2D eigenvalue weighted by Gasteiger charge is -2.50. The van der Waals surface area contributed by atoms with Crippen LogP contribution < -0.4 is 0 Å². The number of furan rings is 1. The summed E-state index contributed by atoms with van der Waals surface area (Å²) in [7, 11) is 0. The summed E-state index contributed by atoms with van der Waals surface area (Å²) in [4.78, 5) is 15.5. The van der Waals surface area contributed by atoms with Gasteiger partial charge in [-0.2, -0.15) is 0 Å². The van der Waals surface area contributed by atoms with Gasteiger partial charge in [0.15, 0.2) is 4.84 Å². The number of amides is 1. The highest BCUT2D eigenvalue weighted by molar-refractivity contribution is 6.53. The number of alkyl halides is 2. The normalized spacial score (nSPS) is 33.5. The highest BCUT2D eigenvalue weighted by Gasteiger charge is 2.53. The molecule has 3 unspecified atom stereocenters. The van der Waals surface area contributed by atoms with Crippen molar-refractivity contribution < 1.29 is 9.21 Å². The quantitative estimate of drug-likeness (QED) is 0.779. The van der Waals surface area contributed by atoms with E-state index >= 15 is 0 Å². The maximum absolute atomic E-state index is 12.3. The topological polar surface area (TPSA) is 36.7 Å². The van der Waals surface area contributed by atoms with Crippen molar-refractivity contribution in [2.24, 2.45) is 5.92 Å². The van der Waals surface area contributed by atoms with Gasteiger partial charge in [-0.15, -0.1) is 0 Å². The molecule has 3 heterocycles. The molecule has 0 bridgehead atoms. The Labute approximate surface area is 135 Å². The van der Waals surface area contributed by atoms with E-state index in [0.29, 0.717) is 12.5 Å². The van der Waals surface area contributed by atoms with E-state index in [-0.39, 0.29) is 17.6 Å². The lowest BCUT2D eigenvalue weighted by atomic mass is 9.83. The first-order chi connectivity index (χ1) is 9.95. The van der Waals surface area contributed by atoms with E-state index in [9.17, 15) is 4.79 Å². The Kier molecular flexibility index (Phi) is 3.97. The summed E-state index contributed by atoms with van der Waals surface area (Å²) in [5.74, 6) is 1.26. The largest absolute Gasteiger partial charge is 0.468 e. The van der Waals surface area contributed by atoms with Gasteiger partial charge in [0.1, 0.15) is 5.76 Å². The van der Waals surface area contributed by atoms with E-state index in [1.54, 1.807) is 6.26 Å². The van der Waals surface area contributed by atoms with Crippen molar-refractivity contribution in [3.63, 3.8) is 0 Å². The monoisotopic (exact) mass is 330 g/mol. The number of carbonyl (C=O) groups excluding carboxylic acids is 1. The second-order valence-electron chi connectivity index (χ2n) is 6.18. The predicted octanol–water partition coefficient (Wildman–Crippen LogP) is 3.41. The van der Waals surface area contributed by atoms with Crippen LogP contribution in [0.4, 0.5) is 0 Å². The van der Waals surface area contributed by atoms with Crippen LogP contribution in [0, 0.1) is 5.92 Å². The van der Waals surface area contributed by atoms with Crippen LogP contribution in [-0.4, -0.2) is 39.3 Å². The van der Waals surface area contributed by atoms with Crippen LogP contribution in [0.2, 0.25) is 0 Å². The van der Waals surface area contributed by atoms with Crippen molar-refractivity contribution >= 4 is 29.1 Å². The van der Waals surface area contributed by atoms with Crippen LogP contribution in [0.5, 0.6) is 0 Å². The minimum absolute atomic E-state index is 0.195. The van der Waals surface area contributed by atoms with Crippen molar-refractivity contribution in [2.75, 3.05) is 13.1 Å². The third kappa shape index (κ3) is 2.37. The minimum atomic E-state index is -0.997. The third-order valence-corrected chi connectivity index (χ3v) is 5.37. The molecule has 0 aliphatic carbocycles. The lowest BCUT2D eigenvalue weighted by Crippen LogP contribution is -2.58. The molecule has 2 aliphatic rings. The molecular formula is C15H20Cl2N2O2. The van der Waals surface area contributed by atoms with Crippen LogP contribution in [0.25, 0.3) is 0 Å². The zero-order valence-electron chi connectivity index (χ0n) is 12.3. The van der Waals surface area contributed by atoms with Crippen LogP contribution in [-0.2, 0) is 4.79 Å². The van der Waals surface area contributed by atoms with E-state index < -0.39 is 4.84 Å². The fraction of sp³-hybridized carbons (Fsp3) is 0.667. The molecule has 1 aromatic rings. The molecule has 0 N–H and O–H groups in total. The molecule has 1 amide bonds. The molecule has 0 aromatic carbocycles. The Morgan fingerprint density at radius 2 is 2.24 bits per heavy atom. The molecule has 21 heavy (non-hydrogen) atoms. The zero-order chi connectivity index (χ0) is 15.2. The summed E-state index contributed by atoms with van der Waals surface area (Å²) < 4.78 is 5.64. The number of piperidine rings is 1. The van der Waals surface area contributed by atoms with Gasteiger partial charge in [-0.1, -0.05) is 30.1 Å². The zero-order valence-corrected chi connectivity index (χ0v) is 13.8. The van der Waals surface area contributed by atoms with Crippen molar-refractivity contribution in [3.05, 3.63) is 24.2 Å². The third-order valence-electron chi connectivity index (χ3n) is 5.00. The Bertz CT molecular complexity index is 520. The van der Waals surface area contributed by atoms with Crippen molar-refractivity contribution in [1.29, 1.82) is 0 Å². The Balaban J connectivity index is 1.93. The van der Waals surface area contributed by atoms with Gasteiger partial charge in [-0.25, -0.2) is 0 Å². The van der Waals surface area contributed by atoms with Gasteiger partial charge in [0, 0.05) is 13.1 Å². The summed E-state index contributed by atoms with van der Waals surface area (Å²) in [6, 6.07) is 4.13. The van der Waals surface area contributed by atoms with E-state index in [1.807, 2.05) is 17.0 Å². The van der Waals surface area contributed by atoms with Gasteiger partial charge in [0.05, 0.1) is 18.0 Å². The summed E-state index contributed by atoms with van der Waals surface area (Å²) in [6.07, 6.45) is 3.68. The van der Waals surface area contributed by atoms with Crippen LogP contribution >= 0.6 is 23.2 Å². The molecule has 3 atom stereocenters. The number of nitrogens with zero attached hydrogens (tertiary/aromatic N) is 2. The molecule has 6 heteroatoms. The van der Waals surface area contributed by atoms with Gasteiger partial charge < -0.3 is 9.32 Å². The molecule has 1 aromatic heterocycles. The highest BCUT2D eigenvalue weighted by Crippen LogP contribution is 2.47. The van der Waals surface area contributed by atoms with Crippen molar-refractivity contribution in [3.8, 4) is 0 Å². The molecule has 4 nitrogen and oxygen atoms in total. The Hall–Kier alpha value is -0.710. The van der Waals surface area contributed by atoms with Crippen molar-refractivity contribution in [1.82, 2.24) is 9.80 Å². The standard InChI is InChI=1S/C15H20Cl2N2O2/c1-10-5-6-15(2)18(12(10)11-4-3-9-21-11)7-8-19(15)14(20)13(16)17/h3-4,9-10,12-13H,5-8H2,1-2H3. The summed E-state index contributed by atoms with van der Waals surface area (Å²) >= 11 is 11.6. The van der Waals surface area contributed by atoms with E-state index in [2.05, 4.69) is 18.7 Å². The first-order valence-electron chi connectivity index (χ1n) is 7.35. The molecule has 116 valence electrons. The van der Waals surface area contributed by atoms with Gasteiger partial charge in [-0.3, -0.25) is 9.69 Å². The first-order valence-corrected chi connectivity index (χ1v) is 8.22. The van der Waals surface area contributed by atoms with Gasteiger partial charge in [0.25, 0.3) is 5.91 Å². The van der Waals surface area contributed by atoms with Crippen LogP contribution in [0.1, 0.15) is 38.5 Å². The number of rotatable bonds is 2. The highest BCUT2D eigenvalue weighted by atomic mass is 35.5. The molecule has 2 aliphatic heterocycles. The SMILES string of the molecule is CC1CCC2(C)N(C(=O)C(Cl)Cl)CCN2C1c1ccco1. The van der Waals surface area contributed by atoms with Gasteiger partial charge >= 0.3 is 0 Å². The fourth-order valence-electron chi connectivity index (χ4n) is 3.89. The average Bonchev–Trinajstić information content (AvgIpc) is 3.06. The molecule has 2 saturated heterocycles. The maximum atomic E-state index is 12.3. The Morgan fingerprint density at radius 1 is 1.48 bits per heavy atom. The molecule has 0 spiro atoms. The summed E-state index contributed by atoms with van der Waals surface area (Å²) in [6.45, 7) is 5.83. The molecule has 3 rings (SSSR count). The smallest absolute Gasteiger partial charge is 0.257 e. The number of fused-ring (bicyclic) bond motifs is 1. The van der Waals surface area contributed by atoms with E-state index in [0.717, 1.165) is 25.1 Å². The number of hydrogen-bond acceptors (Lipinski definition) is 3. The Morgan fingerprint density at radius 3 is 2.86 bits per heavy atom. The second kappa shape index (κ2) is 5.49. The first kappa shape index (κ1) is 15.2. The van der Waals surface area contributed by atoms with Gasteiger partial charge in [-0.05, 0) is 37.8 Å². The minimum Gasteiger partial charge on any atom is -0.468 e. The second-order valence-corrected chi connectivity index (χ2v) is 7.27. The number of halogens is 2. The van der Waals surface area contributed by atoms with Crippen LogP contribution in [0.3, 0.4) is 0 Å². The van der Waals surface area contributed by atoms with E-state index in [1.165, 1.54) is 0 Å². The van der Waals surface area contributed by atoms with E-state index in [4.69, 9.17) is 27.6 Å². The summed E-state index contributed by atoms with van der Waals surface area (Å²) in [5, 5.41) is 0. The number of hydrogen-bond donors (Lipinski definition) is 0. The lowest BCUT2D eigenvalue weighted by molar-refractivity contribution is -0.142. The van der Waals surface area contributed by atoms with Gasteiger partial charge in [0.2, 0.25) is 0 Å². The van der Waals surface area contributed by atoms with Crippen molar-refractivity contribution in [2.45, 2.75) is 43.2 Å². The molecule has 2 fully saturated rings. The molecule has 0 saturated carbocycles. The average molecular weight is 331 g/mol. The fourth-order valence-corrected chi connectivity index (χ4v) is 4.12.